The highest BCUT2D eigenvalue weighted by Crippen LogP contribution is 2.44. The van der Waals surface area contributed by atoms with Crippen molar-refractivity contribution in [3.05, 3.63) is 101 Å². The first-order chi connectivity index (χ1) is 18.2. The maximum atomic E-state index is 11.9. The van der Waals surface area contributed by atoms with Crippen molar-refractivity contribution < 1.29 is 13.2 Å². The molecule has 2 aromatic carbocycles. The Morgan fingerprint density at radius 1 is 1.08 bits per heavy atom. The average Bonchev–Trinajstić information content (AvgIpc) is 3.50. The Morgan fingerprint density at radius 2 is 1.87 bits per heavy atom. The molecule has 0 bridgehead atoms. The summed E-state index contributed by atoms with van der Waals surface area (Å²) in [7, 11) is -1.99. The van der Waals surface area contributed by atoms with Crippen LogP contribution < -0.4 is 19.7 Å². The number of nitrogens with one attached hydrogen (secondary N) is 2. The van der Waals surface area contributed by atoms with Crippen LogP contribution in [-0.2, 0) is 10.0 Å². The van der Waals surface area contributed by atoms with Gasteiger partial charge >= 0.3 is 0 Å². The summed E-state index contributed by atoms with van der Waals surface area (Å²) in [6, 6.07) is 20.5. The fourth-order valence-corrected chi connectivity index (χ4v) is 5.73. The van der Waals surface area contributed by atoms with Crippen LogP contribution in [0.1, 0.15) is 29.0 Å². The number of rotatable bonds is 7. The van der Waals surface area contributed by atoms with Crippen molar-refractivity contribution in [2.24, 2.45) is 0 Å². The van der Waals surface area contributed by atoms with Crippen molar-refractivity contribution in [3.8, 4) is 11.4 Å². The minimum absolute atomic E-state index is 0.259. The van der Waals surface area contributed by atoms with Crippen LogP contribution in [0.2, 0.25) is 5.02 Å². The molecular formula is C27H26ClN5O3S2. The van der Waals surface area contributed by atoms with E-state index in [0.717, 1.165) is 34.6 Å². The number of pyridine rings is 1. The van der Waals surface area contributed by atoms with Crippen LogP contribution in [0.4, 0.5) is 11.4 Å². The molecule has 2 atom stereocenters. The summed E-state index contributed by atoms with van der Waals surface area (Å²) in [6.07, 6.45) is 4.86. The van der Waals surface area contributed by atoms with Gasteiger partial charge in [0.2, 0.25) is 10.0 Å². The summed E-state index contributed by atoms with van der Waals surface area (Å²) in [6.45, 7) is 1.97. The lowest BCUT2D eigenvalue weighted by Crippen LogP contribution is -2.30. The minimum Gasteiger partial charge on any atom is -0.494 e. The molecule has 2 aromatic heterocycles. The molecule has 4 aromatic rings. The smallest absolute Gasteiger partial charge is 0.229 e. The Hall–Kier alpha value is -3.60. The van der Waals surface area contributed by atoms with Gasteiger partial charge in [0.1, 0.15) is 11.8 Å². The number of methoxy groups -OCH3 is 1. The van der Waals surface area contributed by atoms with Crippen molar-refractivity contribution in [2.45, 2.75) is 19.0 Å². The third kappa shape index (κ3) is 5.07. The lowest BCUT2D eigenvalue weighted by molar-refractivity contribution is 0.417. The summed E-state index contributed by atoms with van der Waals surface area (Å²) >= 11 is 12.2. The molecule has 0 aliphatic carbocycles. The van der Waals surface area contributed by atoms with Crippen LogP contribution >= 0.6 is 23.8 Å². The van der Waals surface area contributed by atoms with Gasteiger partial charge < -0.3 is 19.5 Å². The quantitative estimate of drug-likeness (QED) is 0.289. The zero-order chi connectivity index (χ0) is 27.0. The fraction of sp³-hybridized carbons (Fsp3) is 0.185. The highest BCUT2D eigenvalue weighted by atomic mass is 35.5. The SMILES string of the molecule is COc1cc(N2C(=S)N[C@@H](c3ccccn3)[C@@H]2c2cccn2-c2ccc(Cl)c(C)c2)ccc1NS(C)(=O)=O. The van der Waals surface area contributed by atoms with Crippen molar-refractivity contribution in [1.82, 2.24) is 14.9 Å². The van der Waals surface area contributed by atoms with Crippen LogP contribution in [0, 0.1) is 6.92 Å². The van der Waals surface area contributed by atoms with E-state index in [-0.39, 0.29) is 12.1 Å². The lowest BCUT2D eigenvalue weighted by atomic mass is 10.0. The van der Waals surface area contributed by atoms with Crippen LogP contribution in [-0.4, -0.2) is 36.4 Å². The first-order valence-corrected chi connectivity index (χ1v) is 14.4. The first-order valence-electron chi connectivity index (χ1n) is 11.8. The molecular weight excluding hydrogens is 542 g/mol. The van der Waals surface area contributed by atoms with Gasteiger partial charge in [0.05, 0.1) is 30.8 Å². The van der Waals surface area contributed by atoms with Crippen LogP contribution in [0.3, 0.4) is 0 Å². The molecule has 8 nitrogen and oxygen atoms in total. The van der Waals surface area contributed by atoms with Crippen LogP contribution in [0.5, 0.6) is 5.75 Å². The standard InChI is InChI=1S/C27H26ClN5O3S2/c1-17-15-18(9-11-20(17)28)32-14-6-8-23(32)26-25(22-7-4-5-13-29-22)30-27(37)33(26)19-10-12-21(24(16-19)36-2)31-38(3,34)35/h4-16,25-26,31H,1-3H3,(H,30,37)/t25-,26-/m0/s1. The zero-order valence-electron chi connectivity index (χ0n) is 20.9. The normalized spacial score (nSPS) is 17.4. The highest BCUT2D eigenvalue weighted by molar-refractivity contribution is 7.92. The van der Waals surface area contributed by atoms with Gasteiger partial charge in [-0.05, 0) is 79.3 Å². The third-order valence-electron chi connectivity index (χ3n) is 6.36. The molecule has 0 unspecified atom stereocenters. The molecule has 1 aliphatic heterocycles. The molecule has 0 spiro atoms. The number of hydrogen-bond donors (Lipinski definition) is 2. The molecule has 1 fully saturated rings. The average molecular weight is 568 g/mol. The van der Waals surface area contributed by atoms with Crippen molar-refractivity contribution in [3.63, 3.8) is 0 Å². The maximum absolute atomic E-state index is 11.9. The number of ether oxygens (including phenoxy) is 1. The number of sulfonamides is 1. The van der Waals surface area contributed by atoms with Gasteiger partial charge in [-0.25, -0.2) is 8.42 Å². The molecule has 0 radical (unpaired) electrons. The predicted molar refractivity (Wildman–Crippen MR) is 155 cm³/mol. The Balaban J connectivity index is 1.65. The summed E-state index contributed by atoms with van der Waals surface area (Å²) in [4.78, 5) is 6.63. The highest BCUT2D eigenvalue weighted by Gasteiger charge is 2.42. The number of nitrogens with zero attached hydrogens (tertiary/aromatic N) is 3. The van der Waals surface area contributed by atoms with E-state index in [9.17, 15) is 8.42 Å². The molecule has 196 valence electrons. The van der Waals surface area contributed by atoms with Gasteiger partial charge in [0, 0.05) is 40.6 Å². The second-order valence-electron chi connectivity index (χ2n) is 8.99. The van der Waals surface area contributed by atoms with Gasteiger partial charge in [-0.15, -0.1) is 0 Å². The van der Waals surface area contributed by atoms with Crippen molar-refractivity contribution >= 4 is 50.3 Å². The largest absolute Gasteiger partial charge is 0.494 e. The molecule has 0 amide bonds. The Kier molecular flexibility index (Phi) is 7.04. The van der Waals surface area contributed by atoms with Crippen molar-refractivity contribution in [1.29, 1.82) is 0 Å². The Labute approximate surface area is 232 Å². The molecule has 2 N–H and O–H groups in total. The van der Waals surface area contributed by atoms with E-state index in [4.69, 9.17) is 28.6 Å². The fourth-order valence-electron chi connectivity index (χ4n) is 4.70. The molecule has 3 heterocycles. The van der Waals surface area contributed by atoms with E-state index in [1.54, 1.807) is 18.3 Å². The Morgan fingerprint density at radius 3 is 2.55 bits per heavy atom. The first kappa shape index (κ1) is 26.0. The van der Waals surface area contributed by atoms with E-state index in [1.165, 1.54) is 7.11 Å². The summed E-state index contributed by atoms with van der Waals surface area (Å²) in [5, 5.41) is 4.67. The molecule has 0 saturated carbocycles. The number of benzene rings is 2. The number of aryl methyl sites for hydroxylation is 1. The Bertz CT molecular complexity index is 1610. The number of aromatic nitrogens is 2. The number of halogens is 1. The second-order valence-corrected chi connectivity index (χ2v) is 11.5. The number of hydrogen-bond acceptors (Lipinski definition) is 5. The van der Waals surface area contributed by atoms with Gasteiger partial charge in [0.15, 0.2) is 5.11 Å². The molecule has 38 heavy (non-hydrogen) atoms. The minimum atomic E-state index is -3.49. The monoisotopic (exact) mass is 567 g/mol. The number of thiocarbonyl (C=S) groups is 1. The van der Waals surface area contributed by atoms with Gasteiger partial charge in [-0.3, -0.25) is 9.71 Å². The summed E-state index contributed by atoms with van der Waals surface area (Å²) in [5.41, 5.74) is 4.84. The van der Waals surface area contributed by atoms with Gasteiger partial charge in [-0.2, -0.15) is 0 Å². The second kappa shape index (κ2) is 10.3. The van der Waals surface area contributed by atoms with E-state index < -0.39 is 10.0 Å². The third-order valence-corrected chi connectivity index (χ3v) is 7.69. The van der Waals surface area contributed by atoms with E-state index in [1.807, 2.05) is 66.6 Å². The maximum Gasteiger partial charge on any atom is 0.229 e. The summed E-state index contributed by atoms with van der Waals surface area (Å²) in [5.74, 6) is 0.375. The molecule has 1 saturated heterocycles. The van der Waals surface area contributed by atoms with Gasteiger partial charge in [-0.1, -0.05) is 17.7 Å². The molecule has 11 heteroatoms. The van der Waals surface area contributed by atoms with Crippen molar-refractivity contribution in [2.75, 3.05) is 23.0 Å². The van der Waals surface area contributed by atoms with E-state index in [2.05, 4.69) is 25.7 Å². The number of anilines is 2. The van der Waals surface area contributed by atoms with Gasteiger partial charge in [0.25, 0.3) is 0 Å². The van der Waals surface area contributed by atoms with E-state index in [0.29, 0.717) is 21.6 Å². The topological polar surface area (TPSA) is 88.5 Å². The molecule has 5 rings (SSSR count). The van der Waals surface area contributed by atoms with Crippen LogP contribution in [0.15, 0.2) is 79.1 Å². The predicted octanol–water partition coefficient (Wildman–Crippen LogP) is 5.39. The van der Waals surface area contributed by atoms with Crippen LogP contribution in [0.25, 0.3) is 5.69 Å². The summed E-state index contributed by atoms with van der Waals surface area (Å²) < 4.78 is 33.9. The lowest BCUT2D eigenvalue weighted by Gasteiger charge is -2.29. The van der Waals surface area contributed by atoms with E-state index >= 15 is 0 Å². The zero-order valence-corrected chi connectivity index (χ0v) is 23.3. The molecule has 1 aliphatic rings.